The first kappa shape index (κ1) is 18.0. The number of carboxylic acid groups (broad SMARTS) is 1. The zero-order chi connectivity index (χ0) is 13.8. The van der Waals surface area contributed by atoms with Crippen molar-refractivity contribution in [3.05, 3.63) is 0 Å². The Labute approximate surface area is 128 Å². The number of halogens is 1. The maximum absolute atomic E-state index is 11.4. The first-order valence-corrected chi connectivity index (χ1v) is 8.46. The fourth-order valence-corrected chi connectivity index (χ4v) is 2.33. The maximum Gasteiger partial charge on any atom is 0.327 e. The van der Waals surface area contributed by atoms with Gasteiger partial charge >= 0.3 is 5.97 Å². The number of hydrogen-bond donors (Lipinski definition) is 3. The number of carboxylic acids is 1. The molecule has 6 heteroatoms. The third-order valence-corrected chi connectivity index (χ3v) is 3.73. The fourth-order valence-electron chi connectivity index (χ4n) is 1.54. The second-order valence-corrected chi connectivity index (χ2v) is 5.65. The summed E-state index contributed by atoms with van der Waals surface area (Å²) in [6, 6.07) is -0.871. The highest BCUT2D eigenvalue weighted by Crippen LogP contribution is 2.08. The third-order valence-electron chi connectivity index (χ3n) is 2.60. The van der Waals surface area contributed by atoms with Crippen LogP contribution in [0, 0.1) is 0 Å². The van der Waals surface area contributed by atoms with Crippen molar-refractivity contribution in [3.8, 4) is 0 Å². The molecule has 0 bridgehead atoms. The smallest absolute Gasteiger partial charge is 0.327 e. The molecule has 0 aromatic rings. The first-order valence-electron chi connectivity index (χ1n) is 6.30. The molecule has 18 heavy (non-hydrogen) atoms. The topological polar surface area (TPSA) is 66.4 Å². The lowest BCUT2D eigenvalue weighted by atomic mass is 10.1. The largest absolute Gasteiger partial charge is 0.480 e. The fraction of sp³-hybridized carbons (Fsp3) is 0.833. The summed E-state index contributed by atoms with van der Waals surface area (Å²) in [6.45, 7) is 0. The van der Waals surface area contributed by atoms with Gasteiger partial charge in [0.1, 0.15) is 6.04 Å². The van der Waals surface area contributed by atoms with Crippen molar-refractivity contribution in [2.24, 2.45) is 0 Å². The van der Waals surface area contributed by atoms with Crippen molar-refractivity contribution in [1.29, 1.82) is 0 Å². The van der Waals surface area contributed by atoms with Gasteiger partial charge < -0.3 is 10.4 Å². The van der Waals surface area contributed by atoms with Crippen LogP contribution < -0.4 is 5.32 Å². The van der Waals surface area contributed by atoms with Crippen molar-refractivity contribution in [3.63, 3.8) is 0 Å². The summed E-state index contributed by atoms with van der Waals surface area (Å²) in [5.74, 6) is -1.10. The van der Waals surface area contributed by atoms with Gasteiger partial charge in [-0.25, -0.2) is 4.79 Å². The quantitative estimate of drug-likeness (QED) is 0.221. The second-order valence-electron chi connectivity index (χ2n) is 4.20. The van der Waals surface area contributed by atoms with Crippen LogP contribution in [0.25, 0.3) is 0 Å². The lowest BCUT2D eigenvalue weighted by Crippen LogP contribution is -2.42. The number of aliphatic carboxylic acids is 1. The summed E-state index contributed by atoms with van der Waals surface area (Å²) < 4.78 is 1.21. The van der Waals surface area contributed by atoms with E-state index in [2.05, 4.69) is 40.5 Å². The van der Waals surface area contributed by atoms with E-state index in [0.717, 1.165) is 19.3 Å². The van der Waals surface area contributed by atoms with Crippen LogP contribution in [-0.4, -0.2) is 33.2 Å². The van der Waals surface area contributed by atoms with Gasteiger partial charge in [0.25, 0.3) is 0 Å². The zero-order valence-electron chi connectivity index (χ0n) is 10.5. The van der Waals surface area contributed by atoms with Gasteiger partial charge in [-0.3, -0.25) is 4.79 Å². The van der Waals surface area contributed by atoms with Crippen molar-refractivity contribution in [2.45, 2.75) is 51.0 Å². The number of nitrogens with one attached hydrogen (secondary N) is 1. The molecule has 0 aliphatic carbocycles. The molecule has 0 aromatic heterocycles. The molecule has 0 saturated heterocycles. The molecule has 0 aromatic carbocycles. The van der Waals surface area contributed by atoms with Crippen LogP contribution in [0.3, 0.4) is 0 Å². The first-order chi connectivity index (χ1) is 8.61. The number of rotatable bonds is 11. The molecule has 0 fully saturated rings. The van der Waals surface area contributed by atoms with Crippen LogP contribution in [-0.2, 0) is 9.59 Å². The number of amides is 1. The van der Waals surface area contributed by atoms with Gasteiger partial charge in [0.15, 0.2) is 0 Å². The van der Waals surface area contributed by atoms with E-state index in [1.807, 2.05) is 0 Å². The molecule has 0 spiro atoms. The van der Waals surface area contributed by atoms with Crippen molar-refractivity contribution in [1.82, 2.24) is 5.32 Å². The van der Waals surface area contributed by atoms with E-state index in [4.69, 9.17) is 5.11 Å². The molecular formula is C12H22INO3S. The predicted molar refractivity (Wildman–Crippen MR) is 84.6 cm³/mol. The van der Waals surface area contributed by atoms with Gasteiger partial charge in [-0.2, -0.15) is 12.6 Å². The molecule has 1 atom stereocenters. The van der Waals surface area contributed by atoms with E-state index in [-0.39, 0.29) is 11.7 Å². The van der Waals surface area contributed by atoms with Crippen LogP contribution in [0.15, 0.2) is 0 Å². The molecule has 106 valence electrons. The van der Waals surface area contributed by atoms with Crippen molar-refractivity contribution < 1.29 is 14.7 Å². The highest BCUT2D eigenvalue weighted by Gasteiger charge is 2.17. The highest BCUT2D eigenvalue weighted by molar-refractivity contribution is 14.1. The maximum atomic E-state index is 11.4. The number of carbonyl (C=O) groups excluding carboxylic acids is 1. The third kappa shape index (κ3) is 9.99. The SMILES string of the molecule is O=C(CCCCCCCCI)NC(CS)C(=O)O. The Morgan fingerprint density at radius 3 is 2.17 bits per heavy atom. The summed E-state index contributed by atoms with van der Waals surface area (Å²) in [4.78, 5) is 22.1. The predicted octanol–water partition coefficient (Wildman–Crippen LogP) is 2.65. The van der Waals surface area contributed by atoms with Crippen LogP contribution >= 0.6 is 35.2 Å². The van der Waals surface area contributed by atoms with Gasteiger partial charge in [0.2, 0.25) is 5.91 Å². The van der Waals surface area contributed by atoms with Gasteiger partial charge in [-0.05, 0) is 17.3 Å². The van der Waals surface area contributed by atoms with E-state index in [1.54, 1.807) is 0 Å². The molecule has 0 aliphatic rings. The Hall–Kier alpha value is 0.0200. The summed E-state index contributed by atoms with van der Waals surface area (Å²) in [7, 11) is 0. The number of alkyl halides is 1. The van der Waals surface area contributed by atoms with E-state index in [1.165, 1.54) is 23.7 Å². The number of hydrogen-bond acceptors (Lipinski definition) is 3. The average molecular weight is 387 g/mol. The minimum atomic E-state index is -1.03. The normalized spacial score (nSPS) is 12.1. The second kappa shape index (κ2) is 12.1. The van der Waals surface area contributed by atoms with Crippen LogP contribution in [0.5, 0.6) is 0 Å². The van der Waals surface area contributed by atoms with E-state index in [0.29, 0.717) is 6.42 Å². The number of thiol groups is 1. The molecule has 1 amide bonds. The highest BCUT2D eigenvalue weighted by atomic mass is 127. The standard InChI is InChI=1S/C12H22INO3S/c13-8-6-4-2-1-3-5-7-11(15)14-10(9-18)12(16)17/h10,18H,1-9H2,(H,14,15)(H,16,17). The van der Waals surface area contributed by atoms with Gasteiger partial charge in [-0.15, -0.1) is 0 Å². The molecule has 0 rings (SSSR count). The number of unbranched alkanes of at least 4 members (excludes halogenated alkanes) is 5. The summed E-state index contributed by atoms with van der Waals surface area (Å²) in [5, 5.41) is 11.2. The van der Waals surface area contributed by atoms with Gasteiger partial charge in [0, 0.05) is 12.2 Å². The van der Waals surface area contributed by atoms with E-state index in [9.17, 15) is 9.59 Å². The molecule has 0 saturated carbocycles. The monoisotopic (exact) mass is 387 g/mol. The number of carbonyl (C=O) groups is 2. The van der Waals surface area contributed by atoms with Gasteiger partial charge in [0.05, 0.1) is 0 Å². The summed E-state index contributed by atoms with van der Waals surface area (Å²) in [5.41, 5.74) is 0. The molecule has 0 heterocycles. The minimum Gasteiger partial charge on any atom is -0.480 e. The van der Waals surface area contributed by atoms with Gasteiger partial charge in [-0.1, -0.05) is 48.3 Å². The minimum absolute atomic E-state index is 0.122. The molecular weight excluding hydrogens is 365 g/mol. The molecule has 0 aliphatic heterocycles. The summed E-state index contributed by atoms with van der Waals surface area (Å²) in [6.07, 6.45) is 7.17. The Bertz CT molecular complexity index is 251. The Morgan fingerprint density at radius 1 is 1.11 bits per heavy atom. The van der Waals surface area contributed by atoms with Crippen LogP contribution in [0.2, 0.25) is 0 Å². The average Bonchev–Trinajstić information content (AvgIpc) is 2.34. The summed E-state index contributed by atoms with van der Waals surface area (Å²) >= 11 is 6.27. The Morgan fingerprint density at radius 2 is 1.67 bits per heavy atom. The van der Waals surface area contributed by atoms with Crippen LogP contribution in [0.4, 0.5) is 0 Å². The Balaban J connectivity index is 3.50. The lowest BCUT2D eigenvalue weighted by Gasteiger charge is -2.11. The van der Waals surface area contributed by atoms with Crippen molar-refractivity contribution in [2.75, 3.05) is 10.2 Å². The molecule has 4 nitrogen and oxygen atoms in total. The molecule has 1 unspecified atom stereocenters. The van der Waals surface area contributed by atoms with E-state index >= 15 is 0 Å². The van der Waals surface area contributed by atoms with Crippen molar-refractivity contribution >= 4 is 47.1 Å². The zero-order valence-corrected chi connectivity index (χ0v) is 13.6. The lowest BCUT2D eigenvalue weighted by molar-refractivity contribution is -0.141. The van der Waals surface area contributed by atoms with Crippen LogP contribution in [0.1, 0.15) is 44.9 Å². The molecule has 2 N–H and O–H groups in total. The van der Waals surface area contributed by atoms with E-state index < -0.39 is 12.0 Å². The Kier molecular flexibility index (Phi) is 12.1. The molecule has 0 radical (unpaired) electrons.